The zero-order valence-electron chi connectivity index (χ0n) is 11.5. The molecular formula is C15H19BrN2S. The van der Waals surface area contributed by atoms with E-state index < -0.39 is 0 Å². The molecule has 0 aliphatic carbocycles. The third-order valence-electron chi connectivity index (χ3n) is 3.34. The zero-order valence-corrected chi connectivity index (χ0v) is 13.9. The Bertz CT molecular complexity index is 565. The maximum Gasteiger partial charge on any atom is 0.0754 e. The Balaban J connectivity index is 2.32. The second kappa shape index (κ2) is 6.07. The predicted molar refractivity (Wildman–Crippen MR) is 88.1 cm³/mol. The number of nitrogens with zero attached hydrogens (tertiary/aromatic N) is 1. The van der Waals surface area contributed by atoms with Gasteiger partial charge in [-0.1, -0.05) is 17.7 Å². The van der Waals surface area contributed by atoms with Crippen molar-refractivity contribution in [2.24, 2.45) is 5.73 Å². The fourth-order valence-corrected chi connectivity index (χ4v) is 3.94. The Kier molecular flexibility index (Phi) is 4.66. The van der Waals surface area contributed by atoms with E-state index in [1.54, 1.807) is 11.3 Å². The molecule has 19 heavy (non-hydrogen) atoms. The quantitative estimate of drug-likeness (QED) is 0.902. The van der Waals surface area contributed by atoms with Crippen molar-refractivity contribution >= 4 is 33.0 Å². The average molecular weight is 339 g/mol. The molecule has 0 fully saturated rings. The maximum absolute atomic E-state index is 5.98. The summed E-state index contributed by atoms with van der Waals surface area (Å²) >= 11 is 5.26. The van der Waals surface area contributed by atoms with Gasteiger partial charge in [0.2, 0.25) is 0 Å². The molecule has 2 nitrogen and oxygen atoms in total. The lowest BCUT2D eigenvalue weighted by Gasteiger charge is -2.30. The highest BCUT2D eigenvalue weighted by Gasteiger charge is 2.19. The number of nitrogens with two attached hydrogens (primary N) is 1. The minimum Gasteiger partial charge on any atom is -0.365 e. The molecule has 2 aromatic rings. The van der Waals surface area contributed by atoms with Crippen LogP contribution in [-0.4, -0.2) is 13.6 Å². The van der Waals surface area contributed by atoms with E-state index in [2.05, 4.69) is 71.4 Å². The average Bonchev–Trinajstić information content (AvgIpc) is 2.76. The highest BCUT2D eigenvalue weighted by atomic mass is 79.9. The zero-order chi connectivity index (χ0) is 14.0. The van der Waals surface area contributed by atoms with E-state index in [9.17, 15) is 0 Å². The molecule has 2 N–H and O–H groups in total. The lowest BCUT2D eigenvalue weighted by Crippen LogP contribution is -2.30. The van der Waals surface area contributed by atoms with Crippen molar-refractivity contribution < 1.29 is 0 Å². The van der Waals surface area contributed by atoms with Crippen LogP contribution in [0.5, 0.6) is 0 Å². The summed E-state index contributed by atoms with van der Waals surface area (Å²) < 4.78 is 1.12. The molecule has 1 aromatic carbocycles. The molecule has 0 saturated carbocycles. The SMILES string of the molecule is Cc1ccc(N(C)C(CN)c2cc(Br)cs2)c(C)c1. The molecule has 102 valence electrons. The molecule has 0 radical (unpaired) electrons. The van der Waals surface area contributed by atoms with Crippen molar-refractivity contribution in [3.05, 3.63) is 50.1 Å². The van der Waals surface area contributed by atoms with Gasteiger partial charge in [0.1, 0.15) is 0 Å². The first-order chi connectivity index (χ1) is 9.02. The summed E-state index contributed by atoms with van der Waals surface area (Å²) in [7, 11) is 2.11. The van der Waals surface area contributed by atoms with Gasteiger partial charge in [-0.25, -0.2) is 0 Å². The smallest absolute Gasteiger partial charge is 0.0754 e. The Morgan fingerprint density at radius 3 is 2.58 bits per heavy atom. The first kappa shape index (κ1) is 14.6. The molecule has 4 heteroatoms. The molecule has 0 aliphatic rings. The normalized spacial score (nSPS) is 12.5. The van der Waals surface area contributed by atoms with E-state index >= 15 is 0 Å². The Morgan fingerprint density at radius 1 is 1.32 bits per heavy atom. The summed E-state index contributed by atoms with van der Waals surface area (Å²) in [6.07, 6.45) is 0. The van der Waals surface area contributed by atoms with Crippen molar-refractivity contribution in [2.45, 2.75) is 19.9 Å². The van der Waals surface area contributed by atoms with Crippen LogP contribution in [0.3, 0.4) is 0 Å². The van der Waals surface area contributed by atoms with Crippen molar-refractivity contribution in [3.63, 3.8) is 0 Å². The number of benzene rings is 1. The lowest BCUT2D eigenvalue weighted by molar-refractivity contribution is 0.690. The molecule has 1 heterocycles. The van der Waals surface area contributed by atoms with Crippen molar-refractivity contribution in [2.75, 3.05) is 18.5 Å². The van der Waals surface area contributed by atoms with Crippen molar-refractivity contribution in [1.29, 1.82) is 0 Å². The second-order valence-electron chi connectivity index (χ2n) is 4.82. The third kappa shape index (κ3) is 3.19. The maximum atomic E-state index is 5.98. The van der Waals surface area contributed by atoms with Gasteiger partial charge in [-0.15, -0.1) is 11.3 Å². The van der Waals surface area contributed by atoms with Gasteiger partial charge in [-0.05, 0) is 47.5 Å². The largest absolute Gasteiger partial charge is 0.365 e. The molecule has 0 bridgehead atoms. The molecule has 0 amide bonds. The monoisotopic (exact) mass is 338 g/mol. The van der Waals surface area contributed by atoms with Crippen LogP contribution >= 0.6 is 27.3 Å². The molecule has 1 aromatic heterocycles. The fraction of sp³-hybridized carbons (Fsp3) is 0.333. The molecular weight excluding hydrogens is 320 g/mol. The van der Waals surface area contributed by atoms with Crippen molar-refractivity contribution in [3.8, 4) is 0 Å². The van der Waals surface area contributed by atoms with Crippen LogP contribution in [-0.2, 0) is 0 Å². The van der Waals surface area contributed by atoms with Gasteiger partial charge in [0.05, 0.1) is 6.04 Å². The Labute approximate surface area is 127 Å². The molecule has 1 atom stereocenters. The minimum absolute atomic E-state index is 0.220. The van der Waals surface area contributed by atoms with Crippen molar-refractivity contribution in [1.82, 2.24) is 0 Å². The summed E-state index contributed by atoms with van der Waals surface area (Å²) in [5.74, 6) is 0. The third-order valence-corrected chi connectivity index (χ3v) is 5.13. The number of aryl methyl sites for hydroxylation is 2. The first-order valence-corrected chi connectivity index (χ1v) is 7.94. The van der Waals surface area contributed by atoms with Crippen LogP contribution in [0.25, 0.3) is 0 Å². The number of hydrogen-bond acceptors (Lipinski definition) is 3. The summed E-state index contributed by atoms with van der Waals surface area (Å²) in [6, 6.07) is 8.91. The number of anilines is 1. The van der Waals surface area contributed by atoms with E-state index in [0.29, 0.717) is 6.54 Å². The fourth-order valence-electron chi connectivity index (χ4n) is 2.34. The van der Waals surface area contributed by atoms with Crippen LogP contribution < -0.4 is 10.6 Å². The van der Waals surface area contributed by atoms with E-state index in [1.807, 2.05) is 0 Å². The Morgan fingerprint density at radius 2 is 2.05 bits per heavy atom. The van der Waals surface area contributed by atoms with Gasteiger partial charge in [-0.2, -0.15) is 0 Å². The van der Waals surface area contributed by atoms with Gasteiger partial charge in [0.25, 0.3) is 0 Å². The number of likely N-dealkylation sites (N-methyl/N-ethyl adjacent to an activating group) is 1. The Hall–Kier alpha value is -0.840. The highest BCUT2D eigenvalue weighted by Crippen LogP contribution is 2.32. The van der Waals surface area contributed by atoms with Crippen LogP contribution in [0, 0.1) is 13.8 Å². The highest BCUT2D eigenvalue weighted by molar-refractivity contribution is 9.10. The van der Waals surface area contributed by atoms with Gasteiger partial charge in [0, 0.05) is 34.0 Å². The van der Waals surface area contributed by atoms with Crippen LogP contribution in [0.1, 0.15) is 22.0 Å². The number of rotatable bonds is 4. The topological polar surface area (TPSA) is 29.3 Å². The van der Waals surface area contributed by atoms with E-state index in [4.69, 9.17) is 5.73 Å². The second-order valence-corrected chi connectivity index (χ2v) is 6.68. The van der Waals surface area contributed by atoms with E-state index in [1.165, 1.54) is 21.7 Å². The first-order valence-electron chi connectivity index (χ1n) is 6.27. The molecule has 2 rings (SSSR count). The van der Waals surface area contributed by atoms with Gasteiger partial charge in [0.15, 0.2) is 0 Å². The number of hydrogen-bond donors (Lipinski definition) is 1. The molecule has 0 saturated heterocycles. The van der Waals surface area contributed by atoms with E-state index in [0.717, 1.165) is 4.47 Å². The predicted octanol–water partition coefficient (Wildman–Crippen LogP) is 4.26. The van der Waals surface area contributed by atoms with Crippen LogP contribution in [0.15, 0.2) is 34.1 Å². The van der Waals surface area contributed by atoms with Crippen LogP contribution in [0.2, 0.25) is 0 Å². The summed E-state index contributed by atoms with van der Waals surface area (Å²) in [4.78, 5) is 3.56. The summed E-state index contributed by atoms with van der Waals surface area (Å²) in [5.41, 5.74) is 9.80. The van der Waals surface area contributed by atoms with Crippen LogP contribution in [0.4, 0.5) is 5.69 Å². The molecule has 1 unspecified atom stereocenters. The molecule has 0 spiro atoms. The minimum atomic E-state index is 0.220. The lowest BCUT2D eigenvalue weighted by atomic mass is 10.1. The van der Waals surface area contributed by atoms with Gasteiger partial charge >= 0.3 is 0 Å². The standard InChI is InChI=1S/C15H19BrN2S/c1-10-4-5-13(11(2)6-10)18(3)14(8-17)15-7-12(16)9-19-15/h4-7,9,14H,8,17H2,1-3H3. The summed E-state index contributed by atoms with van der Waals surface area (Å²) in [5, 5.41) is 2.10. The molecule has 0 aliphatic heterocycles. The number of halogens is 1. The summed E-state index contributed by atoms with van der Waals surface area (Å²) in [6.45, 7) is 4.88. The number of thiophene rings is 1. The van der Waals surface area contributed by atoms with E-state index in [-0.39, 0.29) is 6.04 Å². The van der Waals surface area contributed by atoms with Gasteiger partial charge in [-0.3, -0.25) is 0 Å². The van der Waals surface area contributed by atoms with Gasteiger partial charge < -0.3 is 10.6 Å².